The van der Waals surface area contributed by atoms with Gasteiger partial charge in [0.25, 0.3) is 0 Å². The number of rotatable bonds is 11. The molecule has 0 saturated heterocycles. The summed E-state index contributed by atoms with van der Waals surface area (Å²) in [6, 6.07) is 7.42. The normalized spacial score (nSPS) is 17.2. The van der Waals surface area contributed by atoms with Crippen molar-refractivity contribution in [2.75, 3.05) is 6.54 Å². The lowest BCUT2D eigenvalue weighted by Crippen LogP contribution is -2.48. The summed E-state index contributed by atoms with van der Waals surface area (Å²) in [6.45, 7) is 6.04. The van der Waals surface area contributed by atoms with Gasteiger partial charge in [-0.15, -0.1) is 0 Å². The second-order valence-electron chi connectivity index (χ2n) is 9.49. The highest BCUT2D eigenvalue weighted by atomic mass is 19.1. The van der Waals surface area contributed by atoms with E-state index in [0.29, 0.717) is 5.56 Å². The Morgan fingerprint density at radius 3 is 2.50 bits per heavy atom. The highest BCUT2D eigenvalue weighted by Gasteiger charge is 2.26. The fraction of sp³-hybridized carbons (Fsp3) is 0.536. The maximum absolute atomic E-state index is 13.6. The number of hydrogen-bond donors (Lipinski definition) is 3. The Morgan fingerprint density at radius 1 is 1.12 bits per heavy atom. The van der Waals surface area contributed by atoms with Crippen LogP contribution in [0.15, 0.2) is 30.3 Å². The summed E-state index contributed by atoms with van der Waals surface area (Å²) in [7, 11) is 0. The van der Waals surface area contributed by atoms with Crippen LogP contribution in [0.5, 0.6) is 0 Å². The molecule has 1 amide bonds. The van der Waals surface area contributed by atoms with E-state index in [0.717, 1.165) is 38.2 Å². The zero-order chi connectivity index (χ0) is 24.7. The largest absolute Gasteiger partial charge is 0.390 e. The number of carbonyl (C=O) groups is 1. The topological polar surface area (TPSA) is 61.4 Å². The minimum Gasteiger partial charge on any atom is -0.390 e. The number of carbonyl (C=O) groups excluding carboxylic acids is 1. The third-order valence-corrected chi connectivity index (χ3v) is 6.74. The number of benzene rings is 2. The molecule has 6 heteroatoms. The molecular weight excluding hydrogens is 434 g/mol. The van der Waals surface area contributed by atoms with Crippen molar-refractivity contribution >= 4 is 5.91 Å². The van der Waals surface area contributed by atoms with E-state index in [4.69, 9.17) is 0 Å². The number of aliphatic hydroxyl groups is 1. The number of aryl methyl sites for hydroxylation is 2. The Hall–Kier alpha value is -2.31. The van der Waals surface area contributed by atoms with E-state index in [1.165, 1.54) is 54.2 Å². The van der Waals surface area contributed by atoms with Gasteiger partial charge in [-0.1, -0.05) is 32.4 Å². The van der Waals surface area contributed by atoms with Crippen LogP contribution in [0.4, 0.5) is 8.78 Å². The lowest BCUT2D eigenvalue weighted by molar-refractivity contribution is -0.120. The number of nitrogens with one attached hydrogen (secondary N) is 2. The summed E-state index contributed by atoms with van der Waals surface area (Å²) < 4.78 is 27.3. The minimum absolute atomic E-state index is 0.134. The minimum atomic E-state index is -0.908. The second kappa shape index (κ2) is 12.4. The van der Waals surface area contributed by atoms with Crippen LogP contribution >= 0.6 is 0 Å². The first-order valence-corrected chi connectivity index (χ1v) is 12.6. The summed E-state index contributed by atoms with van der Waals surface area (Å²) in [5.41, 5.74) is 5.95. The molecule has 0 fully saturated rings. The van der Waals surface area contributed by atoms with Gasteiger partial charge >= 0.3 is 0 Å². The first kappa shape index (κ1) is 26.3. The Balaban J connectivity index is 1.74. The van der Waals surface area contributed by atoms with Gasteiger partial charge in [0.1, 0.15) is 11.6 Å². The van der Waals surface area contributed by atoms with Crippen molar-refractivity contribution in [2.45, 2.75) is 90.3 Å². The van der Waals surface area contributed by atoms with Crippen LogP contribution in [-0.4, -0.2) is 29.7 Å². The molecule has 0 aliphatic heterocycles. The van der Waals surface area contributed by atoms with Crippen LogP contribution in [0, 0.1) is 11.6 Å². The SMILES string of the molecule is CCCCc1cc(CC)cc2c1CCC[C@@H]2NC[C@H](O)[C@H](Cc1cc(F)cc(F)c1)NC(C)=O. The van der Waals surface area contributed by atoms with E-state index >= 15 is 0 Å². The van der Waals surface area contributed by atoms with Gasteiger partial charge in [-0.05, 0) is 84.9 Å². The van der Waals surface area contributed by atoms with Crippen LogP contribution in [0.3, 0.4) is 0 Å². The van der Waals surface area contributed by atoms with Gasteiger partial charge in [0.05, 0.1) is 12.1 Å². The van der Waals surface area contributed by atoms with Crippen molar-refractivity contribution in [3.05, 3.63) is 69.8 Å². The lowest BCUT2D eigenvalue weighted by atomic mass is 9.82. The van der Waals surface area contributed by atoms with E-state index in [1.54, 1.807) is 0 Å². The summed E-state index contributed by atoms with van der Waals surface area (Å²) in [6.07, 6.45) is 6.80. The van der Waals surface area contributed by atoms with Gasteiger partial charge in [-0.2, -0.15) is 0 Å². The first-order chi connectivity index (χ1) is 16.3. The standard InChI is InChI=1S/C28H38F2N2O2/c1-4-6-8-21-11-19(5-2)14-25-24(21)9-7-10-26(25)31-17-28(34)27(32-18(3)33)15-20-12-22(29)16-23(30)13-20/h11-14,16,26-28,31,34H,4-10,15,17H2,1-3H3,(H,32,33)/t26-,27-,28-/m0/s1. The predicted molar refractivity (Wildman–Crippen MR) is 132 cm³/mol. The second-order valence-corrected chi connectivity index (χ2v) is 9.49. The molecule has 0 bridgehead atoms. The third-order valence-electron chi connectivity index (χ3n) is 6.74. The average Bonchev–Trinajstić information content (AvgIpc) is 2.79. The van der Waals surface area contributed by atoms with E-state index in [9.17, 15) is 18.7 Å². The molecule has 3 rings (SSSR count). The zero-order valence-corrected chi connectivity index (χ0v) is 20.6. The summed E-state index contributed by atoms with van der Waals surface area (Å²) >= 11 is 0. The Morgan fingerprint density at radius 2 is 1.85 bits per heavy atom. The number of aliphatic hydroxyl groups excluding tert-OH is 1. The zero-order valence-electron chi connectivity index (χ0n) is 20.6. The molecule has 0 heterocycles. The molecule has 3 atom stereocenters. The molecule has 34 heavy (non-hydrogen) atoms. The van der Waals surface area contributed by atoms with E-state index < -0.39 is 23.8 Å². The number of fused-ring (bicyclic) bond motifs is 1. The van der Waals surface area contributed by atoms with Crippen molar-refractivity contribution in [3.8, 4) is 0 Å². The molecule has 0 spiro atoms. The molecule has 3 N–H and O–H groups in total. The smallest absolute Gasteiger partial charge is 0.217 e. The maximum Gasteiger partial charge on any atom is 0.217 e. The average molecular weight is 473 g/mol. The first-order valence-electron chi connectivity index (χ1n) is 12.6. The van der Waals surface area contributed by atoms with Gasteiger partial charge in [0, 0.05) is 25.6 Å². The van der Waals surface area contributed by atoms with E-state index in [1.807, 2.05) is 0 Å². The van der Waals surface area contributed by atoms with Crippen molar-refractivity contribution in [1.29, 1.82) is 0 Å². The predicted octanol–water partition coefficient (Wildman–Crippen LogP) is 4.95. The molecule has 0 unspecified atom stereocenters. The molecule has 2 aromatic carbocycles. The fourth-order valence-corrected chi connectivity index (χ4v) is 5.02. The molecule has 0 radical (unpaired) electrons. The number of halogens is 2. The van der Waals surface area contributed by atoms with Crippen LogP contribution < -0.4 is 10.6 Å². The highest BCUT2D eigenvalue weighted by molar-refractivity contribution is 5.73. The van der Waals surface area contributed by atoms with Crippen molar-refractivity contribution in [1.82, 2.24) is 10.6 Å². The van der Waals surface area contributed by atoms with Crippen LogP contribution in [0.1, 0.15) is 80.3 Å². The van der Waals surface area contributed by atoms with Crippen LogP contribution in [0.2, 0.25) is 0 Å². The molecule has 0 saturated carbocycles. The third kappa shape index (κ3) is 7.09. The molecular formula is C28H38F2N2O2. The van der Waals surface area contributed by atoms with Gasteiger partial charge in [-0.25, -0.2) is 8.78 Å². The molecule has 186 valence electrons. The molecule has 0 aromatic heterocycles. The quantitative estimate of drug-likeness (QED) is 0.434. The van der Waals surface area contributed by atoms with E-state index in [2.05, 4.69) is 36.6 Å². The van der Waals surface area contributed by atoms with Crippen molar-refractivity contribution < 1.29 is 18.7 Å². The van der Waals surface area contributed by atoms with Gasteiger partial charge in [0.15, 0.2) is 0 Å². The van der Waals surface area contributed by atoms with E-state index in [-0.39, 0.29) is 24.9 Å². The number of amides is 1. The number of unbranched alkanes of at least 4 members (excludes halogenated alkanes) is 1. The van der Waals surface area contributed by atoms with Crippen LogP contribution in [0.25, 0.3) is 0 Å². The fourth-order valence-electron chi connectivity index (χ4n) is 5.02. The van der Waals surface area contributed by atoms with Crippen LogP contribution in [-0.2, 0) is 30.5 Å². The van der Waals surface area contributed by atoms with Gasteiger partial charge < -0.3 is 15.7 Å². The maximum atomic E-state index is 13.6. The lowest BCUT2D eigenvalue weighted by Gasteiger charge is -2.31. The van der Waals surface area contributed by atoms with Crippen molar-refractivity contribution in [3.63, 3.8) is 0 Å². The Labute approximate surface area is 202 Å². The highest BCUT2D eigenvalue weighted by Crippen LogP contribution is 2.34. The Kier molecular flexibility index (Phi) is 9.60. The van der Waals surface area contributed by atoms with Gasteiger partial charge in [-0.3, -0.25) is 4.79 Å². The Bertz CT molecular complexity index is 959. The summed E-state index contributed by atoms with van der Waals surface area (Å²) in [5, 5.41) is 17.2. The van der Waals surface area contributed by atoms with Crippen molar-refractivity contribution in [2.24, 2.45) is 0 Å². The molecule has 1 aliphatic rings. The summed E-state index contributed by atoms with van der Waals surface area (Å²) in [4.78, 5) is 11.8. The molecule has 2 aromatic rings. The molecule has 4 nitrogen and oxygen atoms in total. The van der Waals surface area contributed by atoms with Gasteiger partial charge in [0.2, 0.25) is 5.91 Å². The monoisotopic (exact) mass is 472 g/mol. The summed E-state index contributed by atoms with van der Waals surface area (Å²) in [5.74, 6) is -1.64. The number of hydrogen-bond acceptors (Lipinski definition) is 3. The molecule has 1 aliphatic carbocycles.